The van der Waals surface area contributed by atoms with Gasteiger partial charge in [-0.3, -0.25) is 14.5 Å². The second-order valence-corrected chi connectivity index (χ2v) is 15.0. The van der Waals surface area contributed by atoms with Gasteiger partial charge < -0.3 is 20.5 Å². The van der Waals surface area contributed by atoms with Crippen LogP contribution in [0.4, 0.5) is 19.0 Å². The summed E-state index contributed by atoms with van der Waals surface area (Å²) < 4.78 is 41.0. The fourth-order valence-corrected chi connectivity index (χ4v) is 9.14. The van der Waals surface area contributed by atoms with Crippen molar-refractivity contribution in [2.24, 2.45) is 5.41 Å². The zero-order valence-electron chi connectivity index (χ0n) is 26.8. The van der Waals surface area contributed by atoms with E-state index in [1.54, 1.807) is 6.07 Å². The van der Waals surface area contributed by atoms with Crippen molar-refractivity contribution >= 4 is 50.1 Å². The molecule has 252 valence electrons. The number of carbonyl (C=O) groups is 2. The minimum absolute atomic E-state index is 0.0130. The lowest BCUT2D eigenvalue weighted by Crippen LogP contribution is -2.76. The Kier molecular flexibility index (Phi) is 8.10. The molecule has 14 heteroatoms. The monoisotopic (exact) mass is 678 g/mol. The van der Waals surface area contributed by atoms with Crippen LogP contribution in [-0.2, 0) is 29.1 Å². The number of nitrogens with zero attached hydrogens (tertiary/aromatic N) is 5. The number of piperidine rings is 1. The molecule has 4 fully saturated rings. The van der Waals surface area contributed by atoms with Crippen LogP contribution in [0.5, 0.6) is 0 Å². The Bertz CT molecular complexity index is 1930. The van der Waals surface area contributed by atoms with Crippen molar-refractivity contribution in [1.82, 2.24) is 30.1 Å². The van der Waals surface area contributed by atoms with Crippen LogP contribution in [0.3, 0.4) is 0 Å². The minimum atomic E-state index is -4.27. The topological polar surface area (TPSA) is 128 Å². The number of hydrogen-bond donors (Lipinski definition) is 3. The zero-order chi connectivity index (χ0) is 33.8. The Labute approximate surface area is 279 Å². The first-order valence-electron chi connectivity index (χ1n) is 16.2. The van der Waals surface area contributed by atoms with Gasteiger partial charge >= 0.3 is 6.18 Å². The third kappa shape index (κ3) is 6.33. The Hall–Kier alpha value is -4.22. The Morgan fingerprint density at radius 1 is 1.12 bits per heavy atom. The highest BCUT2D eigenvalue weighted by Crippen LogP contribution is 2.68. The number of thiophene rings is 1. The van der Waals surface area contributed by atoms with Crippen LogP contribution in [-0.4, -0.2) is 68.6 Å². The molecule has 2 bridgehead atoms. The summed E-state index contributed by atoms with van der Waals surface area (Å²) in [5, 5.41) is 20.8. The highest BCUT2D eigenvalue weighted by molar-refractivity contribution is 7.18. The Morgan fingerprint density at radius 2 is 1.88 bits per heavy atom. The summed E-state index contributed by atoms with van der Waals surface area (Å²) in [4.78, 5) is 35.1. The summed E-state index contributed by atoms with van der Waals surface area (Å²) in [6.45, 7) is 6.74. The largest absolute Gasteiger partial charge is 0.393 e. The van der Waals surface area contributed by atoms with Crippen molar-refractivity contribution in [3.8, 4) is 6.07 Å². The van der Waals surface area contributed by atoms with Crippen LogP contribution in [0.1, 0.15) is 60.7 Å². The number of anilines is 1. The second kappa shape index (κ2) is 12.0. The van der Waals surface area contributed by atoms with E-state index in [-0.39, 0.29) is 40.2 Å². The average molecular weight is 679 g/mol. The van der Waals surface area contributed by atoms with Crippen molar-refractivity contribution in [3.63, 3.8) is 0 Å². The third-order valence-corrected chi connectivity index (χ3v) is 11.2. The number of likely N-dealkylation sites (tertiary alicyclic amines) is 1. The maximum Gasteiger partial charge on any atom is 0.393 e. The van der Waals surface area contributed by atoms with E-state index < -0.39 is 12.6 Å². The molecular weight excluding hydrogens is 641 g/mol. The van der Waals surface area contributed by atoms with Crippen LogP contribution < -0.4 is 16.0 Å². The van der Waals surface area contributed by atoms with Crippen LogP contribution in [0.15, 0.2) is 30.6 Å². The maximum atomic E-state index is 12.9. The molecule has 3 aromatic heterocycles. The lowest BCUT2D eigenvalue weighted by Gasteiger charge is -2.70. The van der Waals surface area contributed by atoms with Crippen LogP contribution in [0.25, 0.3) is 21.1 Å². The molecule has 1 saturated heterocycles. The summed E-state index contributed by atoms with van der Waals surface area (Å²) in [6, 6.07) is 10.4. The minimum Gasteiger partial charge on any atom is -0.367 e. The smallest absolute Gasteiger partial charge is 0.367 e. The lowest BCUT2D eigenvalue weighted by atomic mass is 9.39. The first-order valence-corrected chi connectivity index (χ1v) is 17.0. The van der Waals surface area contributed by atoms with Gasteiger partial charge in [0.25, 0.3) is 0 Å². The molecule has 0 unspecified atom stereocenters. The second-order valence-electron chi connectivity index (χ2n) is 13.9. The molecule has 10 nitrogen and oxygen atoms in total. The van der Waals surface area contributed by atoms with E-state index in [2.05, 4.69) is 60.5 Å². The number of hydrogen-bond acceptors (Lipinski definition) is 8. The molecule has 3 saturated carbocycles. The number of amides is 2. The SMILES string of the molecule is CC(=O)NCC(=O)NC12CC(Cn3c(C#N)cc4c(C)c(CN5CCC(Nc6ncnc7sc(CC(F)(F)F)cc67)CC5)ccc43)(C1)C2. The molecule has 8 rings (SSSR count). The molecule has 0 spiro atoms. The highest BCUT2D eigenvalue weighted by Gasteiger charge is 2.68. The molecule has 0 radical (unpaired) electrons. The number of aryl methyl sites for hydroxylation is 1. The number of aromatic nitrogens is 3. The normalized spacial score (nSPS) is 22.6. The number of carbonyl (C=O) groups excluding carboxylic acids is 2. The van der Waals surface area contributed by atoms with Crippen molar-refractivity contribution in [3.05, 3.63) is 52.3 Å². The highest BCUT2D eigenvalue weighted by atomic mass is 32.1. The molecule has 4 aromatic rings. The van der Waals surface area contributed by atoms with Crippen molar-refractivity contribution < 1.29 is 22.8 Å². The van der Waals surface area contributed by atoms with E-state index in [0.717, 1.165) is 86.1 Å². The average Bonchev–Trinajstić information content (AvgIpc) is 3.57. The molecule has 0 atom stereocenters. The molecule has 3 N–H and O–H groups in total. The quantitative estimate of drug-likeness (QED) is 0.211. The molecule has 4 heterocycles. The predicted molar refractivity (Wildman–Crippen MR) is 176 cm³/mol. The van der Waals surface area contributed by atoms with Gasteiger partial charge in [0, 0.05) is 60.5 Å². The van der Waals surface area contributed by atoms with Gasteiger partial charge in [-0.15, -0.1) is 11.3 Å². The molecule has 48 heavy (non-hydrogen) atoms. The number of halogens is 3. The van der Waals surface area contributed by atoms with E-state index in [0.29, 0.717) is 21.7 Å². The van der Waals surface area contributed by atoms with Gasteiger partial charge in [0.05, 0.1) is 18.4 Å². The first kappa shape index (κ1) is 32.3. The van der Waals surface area contributed by atoms with E-state index in [1.807, 2.05) is 6.07 Å². The van der Waals surface area contributed by atoms with Gasteiger partial charge in [0.15, 0.2) is 0 Å². The number of nitrogens with one attached hydrogen (secondary N) is 3. The summed E-state index contributed by atoms with van der Waals surface area (Å²) in [5.41, 5.74) is 3.94. The van der Waals surface area contributed by atoms with E-state index in [4.69, 9.17) is 0 Å². The summed E-state index contributed by atoms with van der Waals surface area (Å²) in [5.74, 6) is 0.187. The summed E-state index contributed by atoms with van der Waals surface area (Å²) in [6.07, 6.45) is 0.521. The van der Waals surface area contributed by atoms with E-state index >= 15 is 0 Å². The van der Waals surface area contributed by atoms with Gasteiger partial charge in [-0.2, -0.15) is 18.4 Å². The predicted octanol–water partition coefficient (Wildman–Crippen LogP) is 5.18. The number of alkyl halides is 3. The van der Waals surface area contributed by atoms with Gasteiger partial charge in [0.1, 0.15) is 28.7 Å². The van der Waals surface area contributed by atoms with Gasteiger partial charge in [-0.05, 0) is 73.8 Å². The van der Waals surface area contributed by atoms with Gasteiger partial charge in [0.2, 0.25) is 11.8 Å². The van der Waals surface area contributed by atoms with Gasteiger partial charge in [-0.25, -0.2) is 9.97 Å². The van der Waals surface area contributed by atoms with Crippen LogP contribution in [0.2, 0.25) is 0 Å². The lowest BCUT2D eigenvalue weighted by molar-refractivity contribution is -0.171. The maximum absolute atomic E-state index is 12.9. The molecule has 2 amide bonds. The molecule has 1 aromatic carbocycles. The van der Waals surface area contributed by atoms with E-state index in [9.17, 15) is 28.0 Å². The standard InChI is InChI=1S/C34H37F3N8O2S/c1-20-22(14-44-7-5-23(6-8-44)42-30-27-10-25(11-34(35,36)37)48-31(27)41-19-40-30)3-4-28-26(20)9-24(12-38)45(28)18-32-15-33(16-32,17-32)43-29(47)13-39-21(2)46/h3-4,9-10,19,23H,5-8,11,13-18H2,1-2H3,(H,39,46)(H,43,47)(H,40,41,42). The molecular formula is C34H37F3N8O2S. The number of fused-ring (bicyclic) bond motifs is 2. The number of nitriles is 1. The first-order chi connectivity index (χ1) is 22.8. The van der Waals surface area contributed by atoms with Crippen LogP contribution in [0, 0.1) is 23.7 Å². The Morgan fingerprint density at radius 3 is 2.56 bits per heavy atom. The molecule has 1 aliphatic heterocycles. The fourth-order valence-electron chi connectivity index (χ4n) is 8.11. The number of rotatable bonds is 10. The van der Waals surface area contributed by atoms with Gasteiger partial charge in [-0.1, -0.05) is 6.07 Å². The van der Waals surface area contributed by atoms with Crippen molar-refractivity contribution in [2.75, 3.05) is 25.0 Å². The fraction of sp³-hybridized carbons (Fsp3) is 0.500. The molecule has 4 aliphatic rings. The number of benzene rings is 1. The van der Waals surface area contributed by atoms with E-state index in [1.165, 1.54) is 18.8 Å². The van der Waals surface area contributed by atoms with Crippen molar-refractivity contribution in [2.45, 2.75) is 83.2 Å². The molecule has 3 aliphatic carbocycles. The summed E-state index contributed by atoms with van der Waals surface area (Å²) >= 11 is 1.06. The zero-order valence-corrected chi connectivity index (χ0v) is 27.7. The summed E-state index contributed by atoms with van der Waals surface area (Å²) in [7, 11) is 0. The van der Waals surface area contributed by atoms with Crippen molar-refractivity contribution in [1.29, 1.82) is 5.26 Å². The third-order valence-electron chi connectivity index (χ3n) is 10.2. The van der Waals surface area contributed by atoms with Crippen LogP contribution >= 0.6 is 11.3 Å². The Balaban J connectivity index is 0.964.